The topological polar surface area (TPSA) is 41.6 Å². The fourth-order valence-electron chi connectivity index (χ4n) is 3.15. The zero-order valence-electron chi connectivity index (χ0n) is 16.1. The molecule has 1 aromatic rings. The molecule has 0 spiro atoms. The number of halogens is 2. The number of nitrogens with zero attached hydrogens (tertiary/aromatic N) is 1. The molecule has 0 aliphatic carbocycles. The lowest BCUT2D eigenvalue weighted by molar-refractivity contribution is 0.00122. The van der Waals surface area contributed by atoms with E-state index in [4.69, 9.17) is 27.9 Å². The van der Waals surface area contributed by atoms with E-state index in [1.807, 2.05) is 44.7 Å². The standard InChI is InChI=1S/C20H30Cl2N2O2/c1-14(2)24(13-15-8-10-23-12-15)19(25)26-20(3,4)9-7-16-5-6-17(21)11-18(16)22/h5-6,11,14-15,23H,7-10,12-13H2,1-4H3/t15-/m1/s1. The summed E-state index contributed by atoms with van der Waals surface area (Å²) in [5.41, 5.74) is 0.444. The maximum Gasteiger partial charge on any atom is 0.410 e. The molecule has 26 heavy (non-hydrogen) atoms. The molecule has 0 bridgehead atoms. The van der Waals surface area contributed by atoms with Gasteiger partial charge in [0.25, 0.3) is 0 Å². The van der Waals surface area contributed by atoms with E-state index in [1.54, 1.807) is 6.07 Å². The number of carbonyl (C=O) groups is 1. The van der Waals surface area contributed by atoms with E-state index in [0.717, 1.165) is 38.0 Å². The summed E-state index contributed by atoms with van der Waals surface area (Å²) >= 11 is 12.2. The molecule has 1 fully saturated rings. The van der Waals surface area contributed by atoms with Gasteiger partial charge in [0, 0.05) is 22.6 Å². The summed E-state index contributed by atoms with van der Waals surface area (Å²) in [6.45, 7) is 10.7. The molecule has 1 aromatic carbocycles. The van der Waals surface area contributed by atoms with Crippen LogP contribution in [0.3, 0.4) is 0 Å². The van der Waals surface area contributed by atoms with Crippen LogP contribution in [-0.2, 0) is 11.2 Å². The van der Waals surface area contributed by atoms with Gasteiger partial charge in [-0.05, 0) is 83.7 Å². The second-order valence-corrected chi connectivity index (χ2v) is 8.81. The van der Waals surface area contributed by atoms with Crippen molar-refractivity contribution < 1.29 is 9.53 Å². The zero-order valence-corrected chi connectivity index (χ0v) is 17.7. The van der Waals surface area contributed by atoms with Crippen LogP contribution >= 0.6 is 23.2 Å². The van der Waals surface area contributed by atoms with Gasteiger partial charge in [-0.3, -0.25) is 0 Å². The van der Waals surface area contributed by atoms with Crippen LogP contribution in [0.25, 0.3) is 0 Å². The summed E-state index contributed by atoms with van der Waals surface area (Å²) in [5.74, 6) is 0.501. The van der Waals surface area contributed by atoms with Crippen molar-refractivity contribution in [1.29, 1.82) is 0 Å². The van der Waals surface area contributed by atoms with Gasteiger partial charge in [-0.15, -0.1) is 0 Å². The Balaban J connectivity index is 1.93. The van der Waals surface area contributed by atoms with Crippen LogP contribution in [0, 0.1) is 5.92 Å². The van der Waals surface area contributed by atoms with E-state index >= 15 is 0 Å². The van der Waals surface area contributed by atoms with Gasteiger partial charge in [-0.25, -0.2) is 4.79 Å². The van der Waals surface area contributed by atoms with Gasteiger partial charge in [-0.1, -0.05) is 29.3 Å². The number of carbonyl (C=O) groups excluding carboxylic acids is 1. The van der Waals surface area contributed by atoms with Crippen molar-refractivity contribution in [3.05, 3.63) is 33.8 Å². The van der Waals surface area contributed by atoms with Crippen molar-refractivity contribution in [1.82, 2.24) is 10.2 Å². The predicted octanol–water partition coefficient (Wildman–Crippen LogP) is 5.16. The highest BCUT2D eigenvalue weighted by Gasteiger charge is 2.30. The minimum absolute atomic E-state index is 0.115. The summed E-state index contributed by atoms with van der Waals surface area (Å²) in [4.78, 5) is 14.6. The van der Waals surface area contributed by atoms with Crippen LogP contribution in [0.2, 0.25) is 10.0 Å². The van der Waals surface area contributed by atoms with Crippen molar-refractivity contribution in [2.45, 2.75) is 58.6 Å². The van der Waals surface area contributed by atoms with Gasteiger partial charge in [0.2, 0.25) is 0 Å². The molecular weight excluding hydrogens is 371 g/mol. The van der Waals surface area contributed by atoms with Gasteiger partial charge < -0.3 is 15.0 Å². The molecule has 0 radical (unpaired) electrons. The number of amides is 1. The van der Waals surface area contributed by atoms with Crippen LogP contribution < -0.4 is 5.32 Å². The van der Waals surface area contributed by atoms with Crippen LogP contribution in [0.4, 0.5) is 4.79 Å². The first-order valence-electron chi connectivity index (χ1n) is 9.32. The summed E-state index contributed by atoms with van der Waals surface area (Å²) in [5, 5.41) is 4.62. The van der Waals surface area contributed by atoms with E-state index in [2.05, 4.69) is 5.32 Å². The number of ether oxygens (including phenoxy) is 1. The average Bonchev–Trinajstić information content (AvgIpc) is 3.04. The van der Waals surface area contributed by atoms with E-state index in [0.29, 0.717) is 22.4 Å². The summed E-state index contributed by atoms with van der Waals surface area (Å²) in [6, 6.07) is 5.62. The Labute approximate surface area is 167 Å². The first-order valence-corrected chi connectivity index (χ1v) is 10.1. The first kappa shape index (κ1) is 21.3. The van der Waals surface area contributed by atoms with Crippen molar-refractivity contribution >= 4 is 29.3 Å². The molecular formula is C20H30Cl2N2O2. The molecule has 4 nitrogen and oxygen atoms in total. The Bertz CT molecular complexity index is 614. The van der Waals surface area contributed by atoms with E-state index in [-0.39, 0.29) is 12.1 Å². The highest BCUT2D eigenvalue weighted by molar-refractivity contribution is 6.35. The highest BCUT2D eigenvalue weighted by Crippen LogP contribution is 2.26. The second kappa shape index (κ2) is 9.29. The van der Waals surface area contributed by atoms with Crippen LogP contribution in [0.5, 0.6) is 0 Å². The Hall–Kier alpha value is -0.970. The number of hydrogen-bond acceptors (Lipinski definition) is 3. The first-order chi connectivity index (χ1) is 12.2. The largest absolute Gasteiger partial charge is 0.443 e. The smallest absolute Gasteiger partial charge is 0.410 e. The molecule has 1 N–H and O–H groups in total. The maximum absolute atomic E-state index is 12.8. The molecule has 146 valence electrons. The van der Waals surface area contributed by atoms with Crippen molar-refractivity contribution in [3.63, 3.8) is 0 Å². The zero-order chi connectivity index (χ0) is 19.3. The molecule has 2 rings (SSSR count). The third kappa shape index (κ3) is 6.33. The van der Waals surface area contributed by atoms with Gasteiger partial charge in [0.15, 0.2) is 0 Å². The second-order valence-electron chi connectivity index (χ2n) is 7.97. The number of aryl methyl sites for hydroxylation is 1. The highest BCUT2D eigenvalue weighted by atomic mass is 35.5. The lowest BCUT2D eigenvalue weighted by Gasteiger charge is -2.33. The lowest BCUT2D eigenvalue weighted by atomic mass is 9.98. The van der Waals surface area contributed by atoms with Gasteiger partial charge >= 0.3 is 6.09 Å². The monoisotopic (exact) mass is 400 g/mol. The normalized spacial score (nSPS) is 17.6. The molecule has 1 aliphatic rings. The van der Waals surface area contributed by atoms with Crippen molar-refractivity contribution in [2.75, 3.05) is 19.6 Å². The summed E-state index contributed by atoms with van der Waals surface area (Å²) in [6.07, 6.45) is 2.29. The number of benzene rings is 1. The van der Waals surface area contributed by atoms with Crippen LogP contribution in [-0.4, -0.2) is 42.3 Å². The molecule has 0 unspecified atom stereocenters. The Morgan fingerprint density at radius 1 is 1.38 bits per heavy atom. The van der Waals surface area contributed by atoms with Crippen LogP contribution in [0.1, 0.15) is 46.1 Å². The van der Waals surface area contributed by atoms with E-state index in [9.17, 15) is 4.79 Å². The Morgan fingerprint density at radius 2 is 2.12 bits per heavy atom. The fraction of sp³-hybridized carbons (Fsp3) is 0.650. The molecule has 1 amide bonds. The number of nitrogens with one attached hydrogen (secondary N) is 1. The minimum Gasteiger partial charge on any atom is -0.443 e. The molecule has 1 heterocycles. The Morgan fingerprint density at radius 3 is 2.69 bits per heavy atom. The molecule has 1 aliphatic heterocycles. The quantitative estimate of drug-likeness (QED) is 0.686. The van der Waals surface area contributed by atoms with Gasteiger partial charge in [0.05, 0.1) is 0 Å². The minimum atomic E-state index is -0.568. The average molecular weight is 401 g/mol. The van der Waals surface area contributed by atoms with Gasteiger partial charge in [-0.2, -0.15) is 0 Å². The van der Waals surface area contributed by atoms with Crippen LogP contribution in [0.15, 0.2) is 18.2 Å². The van der Waals surface area contributed by atoms with Gasteiger partial charge in [0.1, 0.15) is 5.60 Å². The Kier molecular flexibility index (Phi) is 7.63. The van der Waals surface area contributed by atoms with E-state index in [1.165, 1.54) is 0 Å². The molecule has 6 heteroatoms. The third-order valence-corrected chi connectivity index (χ3v) is 5.44. The fourth-order valence-corrected chi connectivity index (χ4v) is 3.65. The summed E-state index contributed by atoms with van der Waals surface area (Å²) < 4.78 is 5.85. The molecule has 0 aromatic heterocycles. The predicted molar refractivity (Wildman–Crippen MR) is 108 cm³/mol. The van der Waals surface area contributed by atoms with Crippen molar-refractivity contribution in [2.24, 2.45) is 5.92 Å². The summed E-state index contributed by atoms with van der Waals surface area (Å²) in [7, 11) is 0. The third-order valence-electron chi connectivity index (χ3n) is 4.85. The van der Waals surface area contributed by atoms with E-state index < -0.39 is 5.60 Å². The lowest BCUT2D eigenvalue weighted by Crippen LogP contribution is -2.44. The van der Waals surface area contributed by atoms with Crippen molar-refractivity contribution in [3.8, 4) is 0 Å². The SMILES string of the molecule is CC(C)N(C[C@@H]1CCNC1)C(=O)OC(C)(C)CCc1ccc(Cl)cc1Cl. The number of hydrogen-bond donors (Lipinski definition) is 1. The maximum atomic E-state index is 12.8. The molecule has 1 saturated heterocycles. The molecule has 1 atom stereocenters. The molecule has 0 saturated carbocycles. The number of rotatable bonds is 7.